The van der Waals surface area contributed by atoms with E-state index < -0.39 is 0 Å². The molecular formula is C25H40N6O. The van der Waals surface area contributed by atoms with E-state index in [1.54, 1.807) is 0 Å². The van der Waals surface area contributed by atoms with E-state index in [2.05, 4.69) is 42.5 Å². The van der Waals surface area contributed by atoms with Crippen LogP contribution in [0.25, 0.3) is 0 Å². The van der Waals surface area contributed by atoms with Gasteiger partial charge in [0.1, 0.15) is 5.82 Å². The number of nitrogens with one attached hydrogen (secondary N) is 2. The number of nitrogens with zero attached hydrogens (tertiary/aromatic N) is 4. The van der Waals surface area contributed by atoms with Gasteiger partial charge in [0.05, 0.1) is 0 Å². The molecule has 0 aromatic carbocycles. The molecule has 1 amide bonds. The van der Waals surface area contributed by atoms with Crippen LogP contribution >= 0.6 is 0 Å². The maximum atomic E-state index is 12.8. The summed E-state index contributed by atoms with van der Waals surface area (Å²) in [5.41, 5.74) is 1.21. The highest BCUT2D eigenvalue weighted by Gasteiger charge is 2.31. The van der Waals surface area contributed by atoms with Crippen LogP contribution in [0.2, 0.25) is 0 Å². The topological polar surface area (TPSA) is 72.9 Å². The van der Waals surface area contributed by atoms with Crippen LogP contribution in [0.1, 0.15) is 69.8 Å². The molecule has 1 aromatic heterocycles. The molecule has 0 spiro atoms. The lowest BCUT2D eigenvalue weighted by molar-refractivity contribution is -0.135. The highest BCUT2D eigenvalue weighted by molar-refractivity contribution is 5.81. The molecule has 4 rings (SSSR count). The maximum Gasteiger partial charge on any atom is 0.225 e. The third-order valence-corrected chi connectivity index (χ3v) is 7.22. The van der Waals surface area contributed by atoms with Gasteiger partial charge in [0, 0.05) is 57.9 Å². The molecule has 3 fully saturated rings. The maximum absolute atomic E-state index is 12.8. The molecule has 176 valence electrons. The summed E-state index contributed by atoms with van der Waals surface area (Å²) in [6.45, 7) is 4.55. The number of anilines is 1. The van der Waals surface area contributed by atoms with E-state index in [1.165, 1.54) is 50.5 Å². The number of aliphatic imine (C=N–C) groups is 1. The molecule has 32 heavy (non-hydrogen) atoms. The van der Waals surface area contributed by atoms with Crippen molar-refractivity contribution in [3.63, 3.8) is 0 Å². The van der Waals surface area contributed by atoms with E-state index in [0.29, 0.717) is 12.5 Å². The summed E-state index contributed by atoms with van der Waals surface area (Å²) in [4.78, 5) is 26.4. The van der Waals surface area contributed by atoms with Crippen molar-refractivity contribution in [1.82, 2.24) is 20.5 Å². The number of likely N-dealkylation sites (tertiary alicyclic amines) is 1. The summed E-state index contributed by atoms with van der Waals surface area (Å²) < 4.78 is 0. The summed E-state index contributed by atoms with van der Waals surface area (Å²) in [5, 5.41) is 6.98. The van der Waals surface area contributed by atoms with Crippen LogP contribution < -0.4 is 15.5 Å². The molecule has 0 bridgehead atoms. The van der Waals surface area contributed by atoms with E-state index in [-0.39, 0.29) is 12.0 Å². The zero-order valence-electron chi connectivity index (χ0n) is 19.7. The van der Waals surface area contributed by atoms with Gasteiger partial charge >= 0.3 is 0 Å². The van der Waals surface area contributed by atoms with Gasteiger partial charge in [-0.2, -0.15) is 0 Å². The van der Waals surface area contributed by atoms with Gasteiger partial charge in [-0.3, -0.25) is 9.79 Å². The Morgan fingerprint density at radius 2 is 1.81 bits per heavy atom. The Hall–Kier alpha value is -2.31. The van der Waals surface area contributed by atoms with Gasteiger partial charge in [-0.1, -0.05) is 32.1 Å². The summed E-state index contributed by atoms with van der Waals surface area (Å²) in [5.74, 6) is 2.51. The van der Waals surface area contributed by atoms with E-state index >= 15 is 0 Å². The molecule has 2 aliphatic heterocycles. The highest BCUT2D eigenvalue weighted by Crippen LogP contribution is 2.26. The Labute approximate surface area is 193 Å². The van der Waals surface area contributed by atoms with Gasteiger partial charge in [0.2, 0.25) is 5.91 Å². The second kappa shape index (κ2) is 11.5. The Morgan fingerprint density at radius 3 is 2.56 bits per heavy atom. The van der Waals surface area contributed by atoms with Crippen molar-refractivity contribution in [2.24, 2.45) is 10.9 Å². The number of carbonyl (C=O) groups is 1. The molecule has 7 heteroatoms. The molecule has 1 aromatic rings. The molecule has 1 aliphatic carbocycles. The zero-order valence-corrected chi connectivity index (χ0v) is 19.7. The zero-order chi connectivity index (χ0) is 22.2. The Morgan fingerprint density at radius 1 is 1.06 bits per heavy atom. The van der Waals surface area contributed by atoms with Crippen LogP contribution in [-0.2, 0) is 11.3 Å². The van der Waals surface area contributed by atoms with Crippen LogP contribution in [0.3, 0.4) is 0 Å². The molecule has 2 saturated heterocycles. The predicted molar refractivity (Wildman–Crippen MR) is 130 cm³/mol. The van der Waals surface area contributed by atoms with Gasteiger partial charge in [0.25, 0.3) is 0 Å². The highest BCUT2D eigenvalue weighted by atomic mass is 16.2. The number of hydrogen-bond donors (Lipinski definition) is 2. The van der Waals surface area contributed by atoms with Crippen molar-refractivity contribution in [3.8, 4) is 0 Å². The van der Waals surface area contributed by atoms with Gasteiger partial charge < -0.3 is 20.4 Å². The minimum atomic E-state index is 0.255. The average Bonchev–Trinajstić information content (AvgIpc) is 3.13. The van der Waals surface area contributed by atoms with Gasteiger partial charge in [-0.25, -0.2) is 4.98 Å². The largest absolute Gasteiger partial charge is 0.357 e. The Kier molecular flexibility index (Phi) is 8.24. The number of rotatable bonds is 5. The Balaban J connectivity index is 1.25. The SMILES string of the molecule is CN=C(NCc1ccnc(N2CCCCCC2)c1)NC1CCN(C(=O)C2CCCCC2)C1. The lowest BCUT2D eigenvalue weighted by Crippen LogP contribution is -2.45. The van der Waals surface area contributed by atoms with Crippen molar-refractivity contribution in [1.29, 1.82) is 0 Å². The first-order chi connectivity index (χ1) is 15.7. The van der Waals surface area contributed by atoms with E-state index in [0.717, 1.165) is 57.2 Å². The fourth-order valence-electron chi connectivity index (χ4n) is 5.30. The van der Waals surface area contributed by atoms with Gasteiger partial charge in [0.15, 0.2) is 5.96 Å². The minimum absolute atomic E-state index is 0.255. The predicted octanol–water partition coefficient (Wildman–Crippen LogP) is 3.31. The first-order valence-corrected chi connectivity index (χ1v) is 12.7. The molecule has 2 N–H and O–H groups in total. The molecule has 0 radical (unpaired) electrons. The second-order valence-electron chi connectivity index (χ2n) is 9.60. The molecule has 7 nitrogen and oxygen atoms in total. The third kappa shape index (κ3) is 6.14. The quantitative estimate of drug-likeness (QED) is 0.543. The number of pyridine rings is 1. The lowest BCUT2D eigenvalue weighted by Gasteiger charge is -2.26. The minimum Gasteiger partial charge on any atom is -0.357 e. The number of hydrogen-bond acceptors (Lipinski definition) is 4. The van der Waals surface area contributed by atoms with Gasteiger partial charge in [-0.05, 0) is 49.8 Å². The van der Waals surface area contributed by atoms with Crippen molar-refractivity contribution < 1.29 is 4.79 Å². The summed E-state index contributed by atoms with van der Waals surface area (Å²) in [6.07, 6.45) is 13.9. The lowest BCUT2D eigenvalue weighted by atomic mass is 9.88. The van der Waals surface area contributed by atoms with Crippen molar-refractivity contribution in [3.05, 3.63) is 23.9 Å². The Bertz CT molecular complexity index is 767. The average molecular weight is 441 g/mol. The molecule has 1 saturated carbocycles. The fraction of sp³-hybridized carbons (Fsp3) is 0.720. The molecule has 3 aliphatic rings. The first-order valence-electron chi connectivity index (χ1n) is 12.7. The number of carbonyl (C=O) groups excluding carboxylic acids is 1. The first kappa shape index (κ1) is 22.9. The van der Waals surface area contributed by atoms with E-state index in [1.807, 2.05) is 13.2 Å². The third-order valence-electron chi connectivity index (χ3n) is 7.22. The molecule has 1 unspecified atom stereocenters. The molecule has 3 heterocycles. The molecule has 1 atom stereocenters. The molecular weight excluding hydrogens is 400 g/mol. The summed E-state index contributed by atoms with van der Waals surface area (Å²) in [7, 11) is 1.81. The second-order valence-corrected chi connectivity index (χ2v) is 9.60. The number of guanidine groups is 1. The van der Waals surface area contributed by atoms with E-state index in [9.17, 15) is 4.79 Å². The van der Waals surface area contributed by atoms with Crippen molar-refractivity contribution >= 4 is 17.7 Å². The van der Waals surface area contributed by atoms with Crippen LogP contribution in [0.4, 0.5) is 5.82 Å². The van der Waals surface area contributed by atoms with Crippen LogP contribution in [0, 0.1) is 5.92 Å². The van der Waals surface area contributed by atoms with Crippen LogP contribution in [0.15, 0.2) is 23.3 Å². The fourth-order valence-corrected chi connectivity index (χ4v) is 5.30. The number of aromatic nitrogens is 1. The summed E-state index contributed by atoms with van der Waals surface area (Å²) >= 11 is 0. The van der Waals surface area contributed by atoms with Crippen LogP contribution in [-0.4, -0.2) is 61.0 Å². The normalized spacial score (nSPS) is 23.2. The summed E-state index contributed by atoms with van der Waals surface area (Å²) in [6, 6.07) is 4.53. The smallest absolute Gasteiger partial charge is 0.225 e. The van der Waals surface area contributed by atoms with Crippen molar-refractivity contribution in [2.45, 2.75) is 76.8 Å². The van der Waals surface area contributed by atoms with Crippen molar-refractivity contribution in [2.75, 3.05) is 38.1 Å². The number of amides is 1. The monoisotopic (exact) mass is 440 g/mol. The van der Waals surface area contributed by atoms with E-state index in [4.69, 9.17) is 0 Å². The standard InChI is InChI=1S/C25H40N6O/c1-26-25(29-22-12-16-31(19-22)24(32)21-9-5-4-6-10-21)28-18-20-11-13-27-23(17-20)30-14-7-2-3-8-15-30/h11,13,17,21-22H,2-10,12,14-16,18-19H2,1H3,(H2,26,28,29). The van der Waals surface area contributed by atoms with Gasteiger partial charge in [-0.15, -0.1) is 0 Å². The van der Waals surface area contributed by atoms with Crippen LogP contribution in [0.5, 0.6) is 0 Å².